The summed E-state index contributed by atoms with van der Waals surface area (Å²) in [5.41, 5.74) is 3.08. The topological polar surface area (TPSA) is 23.5 Å². The van der Waals surface area contributed by atoms with Gasteiger partial charge in [0.15, 0.2) is 0 Å². The molecule has 1 saturated heterocycles. The van der Waals surface area contributed by atoms with Crippen LogP contribution in [-0.4, -0.2) is 35.7 Å². The molecule has 2 heteroatoms. The summed E-state index contributed by atoms with van der Waals surface area (Å²) in [4.78, 5) is 2.50. The second-order valence-corrected chi connectivity index (χ2v) is 5.41. The fraction of sp³-hybridized carbons (Fsp3) is 0.600. The van der Waals surface area contributed by atoms with E-state index in [1.807, 2.05) is 0 Å². The van der Waals surface area contributed by atoms with Crippen LogP contribution in [0, 0.1) is 5.92 Å². The quantitative estimate of drug-likeness (QED) is 0.840. The first kappa shape index (κ1) is 11.2. The largest absolute Gasteiger partial charge is 0.395 e. The number of hydrogen-bond acceptors (Lipinski definition) is 2. The molecule has 2 nitrogen and oxygen atoms in total. The Bertz CT molecular complexity index is 388. The molecule has 1 aromatic rings. The van der Waals surface area contributed by atoms with E-state index in [1.165, 1.54) is 37.8 Å². The van der Waals surface area contributed by atoms with Crippen molar-refractivity contribution in [3.63, 3.8) is 0 Å². The molecule has 0 amide bonds. The van der Waals surface area contributed by atoms with E-state index in [0.29, 0.717) is 12.6 Å². The van der Waals surface area contributed by atoms with Crippen molar-refractivity contribution in [1.29, 1.82) is 0 Å². The number of rotatable bonds is 2. The van der Waals surface area contributed by atoms with Crippen LogP contribution in [0.5, 0.6) is 0 Å². The van der Waals surface area contributed by atoms with Crippen molar-refractivity contribution in [3.05, 3.63) is 35.4 Å². The lowest BCUT2D eigenvalue weighted by Crippen LogP contribution is -2.50. The molecule has 0 aromatic heterocycles. The van der Waals surface area contributed by atoms with E-state index >= 15 is 0 Å². The molecular formula is C15H21NO. The van der Waals surface area contributed by atoms with Gasteiger partial charge >= 0.3 is 0 Å². The Kier molecular flexibility index (Phi) is 3.17. The molecule has 0 spiro atoms. The lowest BCUT2D eigenvalue weighted by Gasteiger charge is -2.44. The van der Waals surface area contributed by atoms with Crippen LogP contribution >= 0.6 is 0 Å². The molecule has 1 aliphatic heterocycles. The van der Waals surface area contributed by atoms with E-state index in [2.05, 4.69) is 29.2 Å². The second-order valence-electron chi connectivity index (χ2n) is 5.41. The van der Waals surface area contributed by atoms with Crippen molar-refractivity contribution in [2.45, 2.75) is 31.7 Å². The maximum atomic E-state index is 9.16. The number of hydrogen-bond donors (Lipinski definition) is 1. The Balaban J connectivity index is 1.84. The Morgan fingerprint density at radius 2 is 1.94 bits per heavy atom. The molecule has 92 valence electrons. The van der Waals surface area contributed by atoms with Crippen molar-refractivity contribution in [2.75, 3.05) is 19.7 Å². The fourth-order valence-corrected chi connectivity index (χ4v) is 3.62. The minimum atomic E-state index is 0.296. The predicted octanol–water partition coefficient (Wildman–Crippen LogP) is 1.86. The van der Waals surface area contributed by atoms with Gasteiger partial charge in [0.05, 0.1) is 6.61 Å². The van der Waals surface area contributed by atoms with Crippen molar-refractivity contribution in [3.8, 4) is 0 Å². The van der Waals surface area contributed by atoms with Crippen LogP contribution in [0.25, 0.3) is 0 Å². The van der Waals surface area contributed by atoms with Gasteiger partial charge in [-0.05, 0) is 49.3 Å². The van der Waals surface area contributed by atoms with Gasteiger partial charge in [-0.1, -0.05) is 24.3 Å². The Labute approximate surface area is 103 Å². The van der Waals surface area contributed by atoms with E-state index in [0.717, 1.165) is 12.5 Å². The third-order valence-corrected chi connectivity index (χ3v) is 4.45. The first-order valence-electron chi connectivity index (χ1n) is 6.80. The summed E-state index contributed by atoms with van der Waals surface area (Å²) >= 11 is 0. The van der Waals surface area contributed by atoms with E-state index < -0.39 is 0 Å². The molecule has 0 radical (unpaired) electrons. The van der Waals surface area contributed by atoms with Crippen molar-refractivity contribution in [1.82, 2.24) is 4.90 Å². The summed E-state index contributed by atoms with van der Waals surface area (Å²) in [5.74, 6) is 0.810. The molecular weight excluding hydrogens is 210 g/mol. The molecule has 0 saturated carbocycles. The molecule has 2 atom stereocenters. The number of aliphatic hydroxyl groups excluding tert-OH is 1. The highest BCUT2D eigenvalue weighted by molar-refractivity contribution is 5.31. The molecule has 1 fully saturated rings. The van der Waals surface area contributed by atoms with Crippen LogP contribution in [-0.2, 0) is 12.8 Å². The monoisotopic (exact) mass is 231 g/mol. The first-order chi connectivity index (χ1) is 8.38. The molecule has 17 heavy (non-hydrogen) atoms. The van der Waals surface area contributed by atoms with Crippen LogP contribution in [0.2, 0.25) is 0 Å². The fourth-order valence-electron chi connectivity index (χ4n) is 3.62. The zero-order valence-electron chi connectivity index (χ0n) is 10.3. The highest BCUT2D eigenvalue weighted by Gasteiger charge is 2.34. The van der Waals surface area contributed by atoms with Crippen LogP contribution in [0.1, 0.15) is 24.0 Å². The van der Waals surface area contributed by atoms with E-state index in [9.17, 15) is 0 Å². The van der Waals surface area contributed by atoms with Gasteiger partial charge in [0.2, 0.25) is 0 Å². The number of aliphatic hydroxyl groups is 1. The number of piperidine rings is 1. The smallest absolute Gasteiger partial charge is 0.0558 e. The van der Waals surface area contributed by atoms with Gasteiger partial charge in [0.1, 0.15) is 0 Å². The molecule has 1 heterocycles. The molecule has 1 aliphatic carbocycles. The summed E-state index contributed by atoms with van der Waals surface area (Å²) < 4.78 is 0. The van der Waals surface area contributed by atoms with Crippen LogP contribution in [0.3, 0.4) is 0 Å². The molecule has 1 aromatic carbocycles. The van der Waals surface area contributed by atoms with Crippen molar-refractivity contribution in [2.24, 2.45) is 5.92 Å². The normalized spacial score (nSPS) is 28.5. The zero-order chi connectivity index (χ0) is 11.7. The molecule has 2 aliphatic rings. The van der Waals surface area contributed by atoms with Gasteiger partial charge < -0.3 is 5.11 Å². The third-order valence-electron chi connectivity index (χ3n) is 4.45. The highest BCUT2D eigenvalue weighted by atomic mass is 16.3. The van der Waals surface area contributed by atoms with Crippen molar-refractivity contribution >= 4 is 0 Å². The molecule has 0 unspecified atom stereocenters. The minimum absolute atomic E-state index is 0.296. The maximum absolute atomic E-state index is 9.16. The van der Waals surface area contributed by atoms with E-state index in [4.69, 9.17) is 5.11 Å². The lowest BCUT2D eigenvalue weighted by molar-refractivity contribution is 0.0677. The summed E-state index contributed by atoms with van der Waals surface area (Å²) in [6, 6.07) is 9.55. The third kappa shape index (κ3) is 2.12. The summed E-state index contributed by atoms with van der Waals surface area (Å²) in [6.45, 7) is 2.32. The van der Waals surface area contributed by atoms with Gasteiger partial charge in [-0.25, -0.2) is 0 Å². The Morgan fingerprint density at radius 3 is 2.71 bits per heavy atom. The SMILES string of the molecule is OCCN1CCC[C@@H]2Cc3ccccc3C[C@H]21. The average molecular weight is 231 g/mol. The summed E-state index contributed by atoms with van der Waals surface area (Å²) in [6.07, 6.45) is 5.08. The first-order valence-corrected chi connectivity index (χ1v) is 6.80. The van der Waals surface area contributed by atoms with Gasteiger partial charge in [-0.3, -0.25) is 4.90 Å². The molecule has 1 N–H and O–H groups in total. The number of fused-ring (bicyclic) bond motifs is 2. The lowest BCUT2D eigenvalue weighted by atomic mass is 9.75. The molecule has 3 rings (SSSR count). The Morgan fingerprint density at radius 1 is 1.18 bits per heavy atom. The summed E-state index contributed by atoms with van der Waals surface area (Å²) in [5, 5.41) is 9.16. The Hall–Kier alpha value is -0.860. The predicted molar refractivity (Wildman–Crippen MR) is 69.0 cm³/mol. The summed E-state index contributed by atoms with van der Waals surface area (Å²) in [7, 11) is 0. The van der Waals surface area contributed by atoms with Gasteiger partial charge in [-0.2, -0.15) is 0 Å². The number of nitrogens with zero attached hydrogens (tertiary/aromatic N) is 1. The van der Waals surface area contributed by atoms with E-state index in [1.54, 1.807) is 5.56 Å². The van der Waals surface area contributed by atoms with Crippen LogP contribution < -0.4 is 0 Å². The standard InChI is InChI=1S/C15H21NO/c17-9-8-16-7-3-6-14-10-12-4-1-2-5-13(12)11-15(14)16/h1-2,4-5,14-15,17H,3,6-11H2/t14-,15-/m1/s1. The van der Waals surface area contributed by atoms with Crippen molar-refractivity contribution < 1.29 is 5.11 Å². The van der Waals surface area contributed by atoms with Gasteiger partial charge in [0.25, 0.3) is 0 Å². The number of benzene rings is 1. The number of likely N-dealkylation sites (tertiary alicyclic amines) is 1. The molecule has 0 bridgehead atoms. The number of β-amino-alcohol motifs (C(OH)–C–C–N with tert-alkyl or cyclic N) is 1. The van der Waals surface area contributed by atoms with Crippen LogP contribution in [0.15, 0.2) is 24.3 Å². The van der Waals surface area contributed by atoms with Crippen LogP contribution in [0.4, 0.5) is 0 Å². The second kappa shape index (κ2) is 4.79. The zero-order valence-corrected chi connectivity index (χ0v) is 10.3. The van der Waals surface area contributed by atoms with E-state index in [-0.39, 0.29) is 0 Å². The van der Waals surface area contributed by atoms with Gasteiger partial charge in [-0.15, -0.1) is 0 Å². The highest BCUT2D eigenvalue weighted by Crippen LogP contribution is 2.34. The van der Waals surface area contributed by atoms with Gasteiger partial charge in [0, 0.05) is 12.6 Å². The minimum Gasteiger partial charge on any atom is -0.395 e. The maximum Gasteiger partial charge on any atom is 0.0558 e. The average Bonchev–Trinajstić information content (AvgIpc) is 2.37.